The van der Waals surface area contributed by atoms with Crippen LogP contribution in [0.15, 0.2) is 34.8 Å². The average molecular weight is 337 g/mol. The van der Waals surface area contributed by atoms with Gasteiger partial charge >= 0.3 is 0 Å². The zero-order valence-corrected chi connectivity index (χ0v) is 12.5. The maximum Gasteiger partial charge on any atom is 0.124 e. The molecule has 1 aromatic heterocycles. The number of halogens is 2. The molecule has 0 aliphatic carbocycles. The van der Waals surface area contributed by atoms with Gasteiger partial charge < -0.3 is 5.73 Å². The van der Waals surface area contributed by atoms with E-state index in [9.17, 15) is 4.39 Å². The van der Waals surface area contributed by atoms with Crippen molar-refractivity contribution in [1.29, 1.82) is 0 Å². The first kappa shape index (κ1) is 12.6. The molecular weight excluding hydrogens is 327 g/mol. The standard InChI is InChI=1S/C14H10BrFN2S/c1-7-4-8(5-10(15)13(7)17)14-18-11-3-2-9(16)6-12(11)19-14/h2-6H,17H2,1H3. The molecule has 0 saturated heterocycles. The van der Waals surface area contributed by atoms with Gasteiger partial charge in [0.2, 0.25) is 0 Å². The molecule has 0 atom stereocenters. The number of benzene rings is 2. The summed E-state index contributed by atoms with van der Waals surface area (Å²) in [5.74, 6) is -0.239. The van der Waals surface area contributed by atoms with Gasteiger partial charge in [-0.05, 0) is 58.7 Å². The lowest BCUT2D eigenvalue weighted by atomic mass is 10.1. The van der Waals surface area contributed by atoms with Gasteiger partial charge in [-0.2, -0.15) is 0 Å². The Morgan fingerprint density at radius 1 is 1.26 bits per heavy atom. The van der Waals surface area contributed by atoms with Gasteiger partial charge in [0.05, 0.1) is 10.2 Å². The summed E-state index contributed by atoms with van der Waals surface area (Å²) in [6.45, 7) is 1.95. The molecule has 0 bridgehead atoms. The van der Waals surface area contributed by atoms with Crippen LogP contribution in [0.3, 0.4) is 0 Å². The van der Waals surface area contributed by atoms with E-state index in [-0.39, 0.29) is 5.82 Å². The molecule has 0 unspecified atom stereocenters. The van der Waals surface area contributed by atoms with Crippen molar-refractivity contribution in [2.45, 2.75) is 6.92 Å². The molecular formula is C14H10BrFN2S. The average Bonchev–Trinajstić information content (AvgIpc) is 2.78. The molecule has 0 spiro atoms. The summed E-state index contributed by atoms with van der Waals surface area (Å²) < 4.78 is 14.9. The van der Waals surface area contributed by atoms with Gasteiger partial charge in [0, 0.05) is 15.7 Å². The minimum absolute atomic E-state index is 0.239. The third-order valence-corrected chi connectivity index (χ3v) is 4.66. The van der Waals surface area contributed by atoms with E-state index in [2.05, 4.69) is 20.9 Å². The number of nitrogens with two attached hydrogens (primary N) is 1. The second-order valence-corrected chi connectivity index (χ2v) is 6.20. The molecule has 0 amide bonds. The minimum atomic E-state index is -0.239. The van der Waals surface area contributed by atoms with Crippen molar-refractivity contribution >= 4 is 43.2 Å². The van der Waals surface area contributed by atoms with Crippen molar-refractivity contribution in [2.24, 2.45) is 0 Å². The number of nitrogens with zero attached hydrogens (tertiary/aromatic N) is 1. The van der Waals surface area contributed by atoms with Crippen LogP contribution < -0.4 is 5.73 Å². The number of hydrogen-bond donors (Lipinski definition) is 1. The van der Waals surface area contributed by atoms with Gasteiger partial charge in [0.25, 0.3) is 0 Å². The normalized spacial score (nSPS) is 11.1. The van der Waals surface area contributed by atoms with Crippen LogP contribution in [0.25, 0.3) is 20.8 Å². The van der Waals surface area contributed by atoms with E-state index in [1.807, 2.05) is 19.1 Å². The van der Waals surface area contributed by atoms with E-state index in [1.54, 1.807) is 6.07 Å². The summed E-state index contributed by atoms with van der Waals surface area (Å²) >= 11 is 4.92. The molecule has 0 fully saturated rings. The second kappa shape index (κ2) is 4.58. The highest BCUT2D eigenvalue weighted by atomic mass is 79.9. The monoisotopic (exact) mass is 336 g/mol. The molecule has 2 N–H and O–H groups in total. The molecule has 19 heavy (non-hydrogen) atoms. The maximum absolute atomic E-state index is 13.2. The number of anilines is 1. The van der Waals surface area contributed by atoms with Crippen LogP contribution in [-0.2, 0) is 0 Å². The van der Waals surface area contributed by atoms with E-state index < -0.39 is 0 Å². The van der Waals surface area contributed by atoms with E-state index >= 15 is 0 Å². The van der Waals surface area contributed by atoms with Crippen molar-refractivity contribution in [3.8, 4) is 10.6 Å². The van der Waals surface area contributed by atoms with Gasteiger partial charge in [-0.15, -0.1) is 11.3 Å². The third-order valence-electron chi connectivity index (χ3n) is 2.93. The Labute approximate surface area is 122 Å². The molecule has 0 saturated carbocycles. The van der Waals surface area contributed by atoms with Crippen LogP contribution >= 0.6 is 27.3 Å². The van der Waals surface area contributed by atoms with Crippen LogP contribution in [0.1, 0.15) is 5.56 Å². The molecule has 2 aromatic carbocycles. The smallest absolute Gasteiger partial charge is 0.124 e. The van der Waals surface area contributed by atoms with Crippen LogP contribution in [0, 0.1) is 12.7 Å². The first-order valence-electron chi connectivity index (χ1n) is 5.66. The molecule has 0 radical (unpaired) electrons. The van der Waals surface area contributed by atoms with Crippen molar-refractivity contribution in [3.63, 3.8) is 0 Å². The van der Waals surface area contributed by atoms with Gasteiger partial charge in [0.1, 0.15) is 10.8 Å². The van der Waals surface area contributed by atoms with Gasteiger partial charge in [-0.1, -0.05) is 0 Å². The van der Waals surface area contributed by atoms with Crippen molar-refractivity contribution in [2.75, 3.05) is 5.73 Å². The van der Waals surface area contributed by atoms with Crippen LogP contribution in [0.4, 0.5) is 10.1 Å². The van der Waals surface area contributed by atoms with Gasteiger partial charge in [-0.25, -0.2) is 9.37 Å². The van der Waals surface area contributed by atoms with Crippen LogP contribution in [0.5, 0.6) is 0 Å². The van der Waals surface area contributed by atoms with Gasteiger partial charge in [0.15, 0.2) is 0 Å². The molecule has 3 aromatic rings. The summed E-state index contributed by atoms with van der Waals surface area (Å²) in [6.07, 6.45) is 0. The lowest BCUT2D eigenvalue weighted by Gasteiger charge is -2.05. The first-order valence-corrected chi connectivity index (χ1v) is 7.27. The number of aryl methyl sites for hydroxylation is 1. The van der Waals surface area contributed by atoms with Gasteiger partial charge in [-0.3, -0.25) is 0 Å². The predicted molar refractivity (Wildman–Crippen MR) is 81.9 cm³/mol. The number of nitrogen functional groups attached to an aromatic ring is 1. The highest BCUT2D eigenvalue weighted by molar-refractivity contribution is 9.10. The Morgan fingerprint density at radius 3 is 2.79 bits per heavy atom. The van der Waals surface area contributed by atoms with E-state index in [0.29, 0.717) is 0 Å². The molecule has 5 heteroatoms. The highest BCUT2D eigenvalue weighted by Crippen LogP contribution is 2.34. The summed E-state index contributed by atoms with van der Waals surface area (Å²) in [5.41, 5.74) is 9.44. The zero-order chi connectivity index (χ0) is 13.6. The number of hydrogen-bond acceptors (Lipinski definition) is 3. The summed E-state index contributed by atoms with van der Waals surface area (Å²) in [4.78, 5) is 4.53. The summed E-state index contributed by atoms with van der Waals surface area (Å²) in [7, 11) is 0. The Kier molecular flexibility index (Phi) is 3.03. The minimum Gasteiger partial charge on any atom is -0.398 e. The number of aromatic nitrogens is 1. The third kappa shape index (κ3) is 2.24. The fourth-order valence-corrected chi connectivity index (χ4v) is 3.44. The van der Waals surface area contributed by atoms with Crippen LogP contribution in [-0.4, -0.2) is 4.98 Å². The topological polar surface area (TPSA) is 38.9 Å². The fraction of sp³-hybridized carbons (Fsp3) is 0.0714. The first-order chi connectivity index (χ1) is 9.04. The Bertz CT molecular complexity index is 759. The number of rotatable bonds is 1. The molecule has 0 aliphatic rings. The number of thiazole rings is 1. The van der Waals surface area contributed by atoms with E-state index in [4.69, 9.17) is 5.73 Å². The summed E-state index contributed by atoms with van der Waals surface area (Å²) in [5, 5.41) is 0.865. The predicted octanol–water partition coefficient (Wildman–Crippen LogP) is 4.76. The largest absolute Gasteiger partial charge is 0.398 e. The van der Waals surface area contributed by atoms with Crippen LogP contribution in [0.2, 0.25) is 0 Å². The lowest BCUT2D eigenvalue weighted by Crippen LogP contribution is -1.91. The molecule has 96 valence electrons. The Hall–Kier alpha value is -1.46. The molecule has 3 rings (SSSR count). The van der Waals surface area contributed by atoms with Crippen molar-refractivity contribution in [1.82, 2.24) is 4.98 Å². The van der Waals surface area contributed by atoms with Crippen molar-refractivity contribution < 1.29 is 4.39 Å². The maximum atomic E-state index is 13.2. The second-order valence-electron chi connectivity index (χ2n) is 4.32. The van der Waals surface area contributed by atoms with E-state index in [1.165, 1.54) is 23.5 Å². The van der Waals surface area contributed by atoms with E-state index in [0.717, 1.165) is 36.5 Å². The Morgan fingerprint density at radius 2 is 2.05 bits per heavy atom. The quantitative estimate of drug-likeness (QED) is 0.651. The van der Waals surface area contributed by atoms with Crippen molar-refractivity contribution in [3.05, 3.63) is 46.2 Å². The molecule has 0 aliphatic heterocycles. The molecule has 2 nitrogen and oxygen atoms in total. The fourth-order valence-electron chi connectivity index (χ4n) is 1.90. The lowest BCUT2D eigenvalue weighted by molar-refractivity contribution is 0.630. The zero-order valence-electron chi connectivity index (χ0n) is 10.1. The highest BCUT2D eigenvalue weighted by Gasteiger charge is 2.10. The SMILES string of the molecule is Cc1cc(-c2nc3ccc(F)cc3s2)cc(Br)c1N. The number of fused-ring (bicyclic) bond motifs is 1. The molecule has 1 heterocycles. The Balaban J connectivity index is 2.19. The summed E-state index contributed by atoms with van der Waals surface area (Å²) in [6, 6.07) is 8.57.